The molecule has 0 aliphatic heterocycles. The summed E-state index contributed by atoms with van der Waals surface area (Å²) in [6.45, 7) is 11.4. The topological polar surface area (TPSA) is 34.1 Å². The maximum absolute atomic E-state index is 5.89. The summed E-state index contributed by atoms with van der Waals surface area (Å²) in [4.78, 5) is 4.58. The van der Waals surface area contributed by atoms with Gasteiger partial charge in [-0.3, -0.25) is 0 Å². The standard InChI is InChI=1S/C18H32N2O/c1-5-8-9-16(7-3)14-21-18-11-10-17(15(4)20-18)13-19-12-6-2/h10-11,16,19H,5-9,12-14H2,1-4H3. The normalized spacial score (nSPS) is 12.4. The molecule has 0 fully saturated rings. The molecule has 1 unspecified atom stereocenters. The van der Waals surface area contributed by atoms with Crippen molar-refractivity contribution in [3.8, 4) is 5.88 Å². The number of pyridine rings is 1. The highest BCUT2D eigenvalue weighted by Crippen LogP contribution is 2.17. The Morgan fingerprint density at radius 2 is 2.00 bits per heavy atom. The van der Waals surface area contributed by atoms with Crippen LogP contribution in [0.15, 0.2) is 12.1 Å². The molecule has 0 aliphatic carbocycles. The third-order valence-corrected chi connectivity index (χ3v) is 3.92. The smallest absolute Gasteiger partial charge is 0.213 e. The monoisotopic (exact) mass is 292 g/mol. The van der Waals surface area contributed by atoms with Crippen molar-refractivity contribution in [2.45, 2.75) is 66.3 Å². The number of aryl methyl sites for hydroxylation is 1. The second-order valence-corrected chi connectivity index (χ2v) is 5.80. The fourth-order valence-electron chi connectivity index (χ4n) is 2.34. The Labute approximate surface area is 130 Å². The van der Waals surface area contributed by atoms with Gasteiger partial charge >= 0.3 is 0 Å². The summed E-state index contributed by atoms with van der Waals surface area (Å²) < 4.78 is 5.89. The highest BCUT2D eigenvalue weighted by Gasteiger charge is 2.08. The van der Waals surface area contributed by atoms with E-state index in [0.29, 0.717) is 5.92 Å². The van der Waals surface area contributed by atoms with Crippen LogP contribution in [0, 0.1) is 12.8 Å². The Bertz CT molecular complexity index is 393. The first-order valence-electron chi connectivity index (χ1n) is 8.51. The van der Waals surface area contributed by atoms with Gasteiger partial charge in [0.15, 0.2) is 0 Å². The third-order valence-electron chi connectivity index (χ3n) is 3.92. The molecule has 21 heavy (non-hydrogen) atoms. The van der Waals surface area contributed by atoms with Gasteiger partial charge in [0.05, 0.1) is 6.61 Å². The number of hydrogen-bond acceptors (Lipinski definition) is 3. The van der Waals surface area contributed by atoms with Crippen molar-refractivity contribution in [2.24, 2.45) is 5.92 Å². The van der Waals surface area contributed by atoms with E-state index in [1.807, 2.05) is 6.07 Å². The largest absolute Gasteiger partial charge is 0.477 e. The van der Waals surface area contributed by atoms with Crippen molar-refractivity contribution >= 4 is 0 Å². The Morgan fingerprint density at radius 1 is 1.19 bits per heavy atom. The molecule has 3 nitrogen and oxygen atoms in total. The van der Waals surface area contributed by atoms with Crippen molar-refractivity contribution in [3.05, 3.63) is 23.4 Å². The van der Waals surface area contributed by atoms with E-state index in [4.69, 9.17) is 4.74 Å². The second-order valence-electron chi connectivity index (χ2n) is 5.80. The number of ether oxygens (including phenoxy) is 1. The SMILES string of the molecule is CCCCC(CC)COc1ccc(CNCCC)c(C)n1. The molecule has 1 heterocycles. The van der Waals surface area contributed by atoms with E-state index in [2.05, 4.69) is 44.1 Å². The van der Waals surface area contributed by atoms with Crippen molar-refractivity contribution < 1.29 is 4.74 Å². The number of nitrogens with one attached hydrogen (secondary N) is 1. The molecule has 0 aromatic carbocycles. The van der Waals surface area contributed by atoms with Crippen molar-refractivity contribution in [2.75, 3.05) is 13.2 Å². The highest BCUT2D eigenvalue weighted by molar-refractivity contribution is 5.24. The first-order valence-corrected chi connectivity index (χ1v) is 8.51. The summed E-state index contributed by atoms with van der Waals surface area (Å²) in [7, 11) is 0. The molecule has 0 aliphatic rings. The molecular weight excluding hydrogens is 260 g/mol. The molecule has 1 aromatic heterocycles. The van der Waals surface area contributed by atoms with Gasteiger partial charge in [0.2, 0.25) is 5.88 Å². The zero-order valence-corrected chi connectivity index (χ0v) is 14.2. The summed E-state index contributed by atoms with van der Waals surface area (Å²) in [6.07, 6.45) is 6.14. The molecule has 1 aromatic rings. The molecule has 0 radical (unpaired) electrons. The van der Waals surface area contributed by atoms with Crippen LogP contribution in [-0.4, -0.2) is 18.1 Å². The zero-order valence-electron chi connectivity index (χ0n) is 14.2. The summed E-state index contributed by atoms with van der Waals surface area (Å²) in [5.74, 6) is 1.42. The summed E-state index contributed by atoms with van der Waals surface area (Å²) in [5, 5.41) is 3.41. The highest BCUT2D eigenvalue weighted by atomic mass is 16.5. The minimum Gasteiger partial charge on any atom is -0.477 e. The molecule has 120 valence electrons. The average molecular weight is 292 g/mol. The lowest BCUT2D eigenvalue weighted by Crippen LogP contribution is -2.15. The first kappa shape index (κ1) is 18.0. The third kappa shape index (κ3) is 6.94. The lowest BCUT2D eigenvalue weighted by molar-refractivity contribution is 0.225. The fraction of sp³-hybridized carbons (Fsp3) is 0.722. The lowest BCUT2D eigenvalue weighted by atomic mass is 10.0. The molecule has 0 amide bonds. The van der Waals surface area contributed by atoms with Crippen LogP contribution in [0.5, 0.6) is 5.88 Å². The van der Waals surface area contributed by atoms with Crippen LogP contribution in [0.4, 0.5) is 0 Å². The number of unbranched alkanes of at least 4 members (excludes halogenated alkanes) is 1. The minimum absolute atomic E-state index is 0.651. The first-order chi connectivity index (χ1) is 10.2. The summed E-state index contributed by atoms with van der Waals surface area (Å²) in [6, 6.07) is 4.13. The molecule has 1 rings (SSSR count). The van der Waals surface area contributed by atoms with Crippen molar-refractivity contribution in [1.82, 2.24) is 10.3 Å². The van der Waals surface area contributed by atoms with Gasteiger partial charge in [-0.05, 0) is 37.8 Å². The van der Waals surface area contributed by atoms with Crippen LogP contribution in [0.3, 0.4) is 0 Å². The minimum atomic E-state index is 0.651. The number of aromatic nitrogens is 1. The van der Waals surface area contributed by atoms with Crippen LogP contribution in [0.1, 0.15) is 64.1 Å². The lowest BCUT2D eigenvalue weighted by Gasteiger charge is -2.16. The van der Waals surface area contributed by atoms with E-state index in [1.54, 1.807) is 0 Å². The van der Waals surface area contributed by atoms with Crippen LogP contribution >= 0.6 is 0 Å². The van der Waals surface area contributed by atoms with E-state index in [9.17, 15) is 0 Å². The van der Waals surface area contributed by atoms with Crippen LogP contribution in [0.25, 0.3) is 0 Å². The average Bonchev–Trinajstić information content (AvgIpc) is 2.49. The van der Waals surface area contributed by atoms with Gasteiger partial charge in [0, 0.05) is 18.3 Å². The predicted octanol–water partition coefficient (Wildman–Crippen LogP) is 4.48. The van der Waals surface area contributed by atoms with Gasteiger partial charge in [-0.25, -0.2) is 4.98 Å². The molecule has 0 spiro atoms. The quantitative estimate of drug-likeness (QED) is 0.610. The molecule has 0 bridgehead atoms. The molecule has 3 heteroatoms. The molecular formula is C18H32N2O. The maximum Gasteiger partial charge on any atom is 0.213 e. The van der Waals surface area contributed by atoms with Crippen LogP contribution in [-0.2, 0) is 6.54 Å². The van der Waals surface area contributed by atoms with Crippen LogP contribution < -0.4 is 10.1 Å². The van der Waals surface area contributed by atoms with Crippen molar-refractivity contribution in [3.63, 3.8) is 0 Å². The second kappa shape index (κ2) is 10.6. The Morgan fingerprint density at radius 3 is 2.62 bits per heavy atom. The molecule has 1 N–H and O–H groups in total. The maximum atomic E-state index is 5.89. The number of rotatable bonds is 11. The van der Waals surface area contributed by atoms with E-state index in [0.717, 1.165) is 37.7 Å². The van der Waals surface area contributed by atoms with Gasteiger partial charge in [0.25, 0.3) is 0 Å². The zero-order chi connectivity index (χ0) is 15.5. The number of nitrogens with zero attached hydrogens (tertiary/aromatic N) is 1. The molecule has 0 saturated heterocycles. The van der Waals surface area contributed by atoms with Crippen molar-refractivity contribution in [1.29, 1.82) is 0 Å². The van der Waals surface area contributed by atoms with Crippen LogP contribution in [0.2, 0.25) is 0 Å². The van der Waals surface area contributed by atoms with Gasteiger partial charge in [-0.15, -0.1) is 0 Å². The van der Waals surface area contributed by atoms with E-state index in [-0.39, 0.29) is 0 Å². The number of hydrogen-bond donors (Lipinski definition) is 1. The molecule has 1 atom stereocenters. The van der Waals surface area contributed by atoms with E-state index in [1.165, 1.54) is 31.2 Å². The summed E-state index contributed by atoms with van der Waals surface area (Å²) >= 11 is 0. The predicted molar refractivity (Wildman–Crippen MR) is 89.8 cm³/mol. The van der Waals surface area contributed by atoms with Gasteiger partial charge in [-0.2, -0.15) is 0 Å². The Kier molecular flexibility index (Phi) is 9.07. The van der Waals surface area contributed by atoms with Gasteiger partial charge in [0.1, 0.15) is 0 Å². The molecule has 0 saturated carbocycles. The van der Waals surface area contributed by atoms with E-state index < -0.39 is 0 Å². The fourth-order valence-corrected chi connectivity index (χ4v) is 2.34. The van der Waals surface area contributed by atoms with Gasteiger partial charge < -0.3 is 10.1 Å². The van der Waals surface area contributed by atoms with E-state index >= 15 is 0 Å². The summed E-state index contributed by atoms with van der Waals surface area (Å²) in [5.41, 5.74) is 2.33. The Hall–Kier alpha value is -1.09. The van der Waals surface area contributed by atoms with Gasteiger partial charge in [-0.1, -0.05) is 46.1 Å². The Balaban J connectivity index is 2.46.